The van der Waals surface area contributed by atoms with E-state index in [1.54, 1.807) is 11.8 Å². The number of aromatic nitrogens is 3. The first kappa shape index (κ1) is 15.5. The number of aliphatic hydroxyl groups is 1. The lowest BCUT2D eigenvalue weighted by Crippen LogP contribution is -2.14. The van der Waals surface area contributed by atoms with Crippen LogP contribution in [0.5, 0.6) is 0 Å². The van der Waals surface area contributed by atoms with Gasteiger partial charge in [0.15, 0.2) is 5.82 Å². The van der Waals surface area contributed by atoms with Crippen LogP contribution < -0.4 is 5.73 Å². The summed E-state index contributed by atoms with van der Waals surface area (Å²) in [6.45, 7) is 0.173. The van der Waals surface area contributed by atoms with E-state index in [4.69, 9.17) is 15.6 Å². The number of amides is 1. The zero-order valence-corrected chi connectivity index (χ0v) is 12.3. The number of nitrogens with two attached hydrogens (primary N) is 1. The van der Waals surface area contributed by atoms with Gasteiger partial charge in [-0.3, -0.25) is 4.79 Å². The van der Waals surface area contributed by atoms with Crippen LogP contribution in [0.1, 0.15) is 10.6 Å². The van der Waals surface area contributed by atoms with Crippen LogP contribution in [0, 0.1) is 0 Å². The van der Waals surface area contributed by atoms with E-state index >= 15 is 0 Å². The number of carbonyl (C=O) groups excluding carboxylic acids is 1. The lowest BCUT2D eigenvalue weighted by atomic mass is 10.2. The Labute approximate surface area is 126 Å². The number of rotatable bonds is 7. The number of carbonyl (C=O) groups is 1. The van der Waals surface area contributed by atoms with Crippen LogP contribution in [0.4, 0.5) is 0 Å². The van der Waals surface area contributed by atoms with Crippen LogP contribution in [0.3, 0.4) is 0 Å². The summed E-state index contributed by atoms with van der Waals surface area (Å²) < 4.78 is 6.67. The average Bonchev–Trinajstić information content (AvgIpc) is 2.92. The van der Waals surface area contributed by atoms with Crippen LogP contribution >= 0.6 is 11.8 Å². The van der Waals surface area contributed by atoms with Gasteiger partial charge < -0.3 is 15.6 Å². The Bertz CT molecular complexity index is 612. The van der Waals surface area contributed by atoms with E-state index in [1.165, 1.54) is 4.68 Å². The molecule has 0 unspecified atom stereocenters. The second-order valence-corrected chi connectivity index (χ2v) is 4.99. The molecule has 0 atom stereocenters. The van der Waals surface area contributed by atoms with Gasteiger partial charge in [-0.2, -0.15) is 0 Å². The quantitative estimate of drug-likeness (QED) is 0.577. The molecule has 1 aromatic carbocycles. The predicted molar refractivity (Wildman–Crippen MR) is 78.8 cm³/mol. The third-order valence-electron chi connectivity index (χ3n) is 2.69. The molecular weight excluding hydrogens is 292 g/mol. The Morgan fingerprint density at radius 2 is 2.14 bits per heavy atom. The molecule has 1 aromatic heterocycles. The van der Waals surface area contributed by atoms with Crippen LogP contribution in [0.15, 0.2) is 29.2 Å². The molecule has 112 valence electrons. The van der Waals surface area contributed by atoms with Crippen molar-refractivity contribution in [3.8, 4) is 11.4 Å². The molecule has 1 heterocycles. The first-order valence-electron chi connectivity index (χ1n) is 6.23. The molecule has 0 aliphatic heterocycles. The summed E-state index contributed by atoms with van der Waals surface area (Å²) in [5, 5.41) is 12.8. The molecule has 0 fully saturated rings. The van der Waals surface area contributed by atoms with E-state index in [0.29, 0.717) is 5.82 Å². The molecule has 2 aromatic rings. The van der Waals surface area contributed by atoms with E-state index in [9.17, 15) is 4.79 Å². The molecule has 1 amide bonds. The van der Waals surface area contributed by atoms with E-state index in [-0.39, 0.29) is 25.8 Å². The zero-order chi connectivity index (χ0) is 15.2. The van der Waals surface area contributed by atoms with Gasteiger partial charge >= 0.3 is 0 Å². The number of hydrogen-bond donors (Lipinski definition) is 2. The Balaban J connectivity index is 2.32. The Morgan fingerprint density at radius 3 is 2.71 bits per heavy atom. The monoisotopic (exact) mass is 308 g/mol. The van der Waals surface area contributed by atoms with Crippen molar-refractivity contribution in [2.75, 3.05) is 19.5 Å². The van der Waals surface area contributed by atoms with Crippen LogP contribution in [-0.2, 0) is 11.5 Å². The van der Waals surface area contributed by atoms with Crippen molar-refractivity contribution in [3.63, 3.8) is 0 Å². The van der Waals surface area contributed by atoms with Crippen LogP contribution in [0.25, 0.3) is 11.4 Å². The Morgan fingerprint density at radius 1 is 1.43 bits per heavy atom. The lowest BCUT2D eigenvalue weighted by molar-refractivity contribution is 0.0425. The standard InChI is InChI=1S/C13H16N4O3S/c1-21-10-4-2-9(3-5-10)13-15-12(11(14)19)16-17(13)8-20-7-6-18/h2-5,18H,6-8H2,1H3,(H2,14,19). The van der Waals surface area contributed by atoms with Gasteiger partial charge in [-0.1, -0.05) is 12.1 Å². The summed E-state index contributed by atoms with van der Waals surface area (Å²) in [5.41, 5.74) is 6.02. The van der Waals surface area contributed by atoms with Gasteiger partial charge in [0.25, 0.3) is 5.91 Å². The minimum Gasteiger partial charge on any atom is -0.394 e. The number of hydrogen-bond acceptors (Lipinski definition) is 6. The maximum atomic E-state index is 11.2. The fourth-order valence-corrected chi connectivity index (χ4v) is 2.11. The molecule has 0 aliphatic rings. The summed E-state index contributed by atoms with van der Waals surface area (Å²) >= 11 is 1.63. The smallest absolute Gasteiger partial charge is 0.288 e. The first-order chi connectivity index (χ1) is 10.2. The van der Waals surface area contributed by atoms with E-state index in [0.717, 1.165) is 10.5 Å². The summed E-state index contributed by atoms with van der Waals surface area (Å²) in [4.78, 5) is 16.5. The van der Waals surface area contributed by atoms with E-state index in [1.807, 2.05) is 30.5 Å². The highest BCUT2D eigenvalue weighted by Crippen LogP contribution is 2.22. The van der Waals surface area contributed by atoms with Crippen molar-refractivity contribution in [1.82, 2.24) is 14.8 Å². The molecule has 0 bridgehead atoms. The summed E-state index contributed by atoms with van der Waals surface area (Å²) in [7, 11) is 0. The van der Waals surface area contributed by atoms with Gasteiger partial charge in [0.05, 0.1) is 13.2 Å². The molecule has 0 aliphatic carbocycles. The number of aliphatic hydroxyl groups excluding tert-OH is 1. The van der Waals surface area contributed by atoms with Crippen molar-refractivity contribution in [1.29, 1.82) is 0 Å². The molecule has 0 saturated carbocycles. The highest BCUT2D eigenvalue weighted by atomic mass is 32.2. The molecular formula is C13H16N4O3S. The van der Waals surface area contributed by atoms with Crippen molar-refractivity contribution >= 4 is 17.7 Å². The summed E-state index contributed by atoms with van der Waals surface area (Å²) in [6, 6.07) is 7.70. The third kappa shape index (κ3) is 3.81. The van der Waals surface area contributed by atoms with Gasteiger partial charge in [0.2, 0.25) is 5.82 Å². The molecule has 3 N–H and O–H groups in total. The van der Waals surface area contributed by atoms with Gasteiger partial charge in [0.1, 0.15) is 6.73 Å². The Hall–Kier alpha value is -1.90. The highest BCUT2D eigenvalue weighted by molar-refractivity contribution is 7.98. The van der Waals surface area contributed by atoms with Gasteiger partial charge in [-0.15, -0.1) is 16.9 Å². The maximum Gasteiger partial charge on any atom is 0.288 e. The maximum absolute atomic E-state index is 11.2. The summed E-state index contributed by atoms with van der Waals surface area (Å²) in [5.74, 6) is -0.265. The molecule has 0 spiro atoms. The normalized spacial score (nSPS) is 10.8. The van der Waals surface area contributed by atoms with Crippen molar-refractivity contribution in [3.05, 3.63) is 30.1 Å². The highest BCUT2D eigenvalue weighted by Gasteiger charge is 2.15. The molecule has 21 heavy (non-hydrogen) atoms. The minimum absolute atomic E-state index is 0.0634. The molecule has 2 rings (SSSR count). The SMILES string of the molecule is CSc1ccc(-c2nc(C(N)=O)nn2COCCO)cc1. The van der Waals surface area contributed by atoms with Crippen LogP contribution in [0.2, 0.25) is 0 Å². The summed E-state index contributed by atoms with van der Waals surface area (Å²) in [6.07, 6.45) is 1.99. The van der Waals surface area contributed by atoms with Gasteiger partial charge in [0, 0.05) is 10.5 Å². The van der Waals surface area contributed by atoms with E-state index in [2.05, 4.69) is 10.1 Å². The molecule has 8 heteroatoms. The predicted octanol–water partition coefficient (Wildman–Crippen LogP) is 0.732. The first-order valence-corrected chi connectivity index (χ1v) is 7.46. The average molecular weight is 308 g/mol. The Kier molecular flexibility index (Phi) is 5.32. The molecule has 0 radical (unpaired) electrons. The molecule has 7 nitrogen and oxygen atoms in total. The number of primary amides is 1. The van der Waals surface area contributed by atoms with Gasteiger partial charge in [-0.25, -0.2) is 9.67 Å². The second kappa shape index (κ2) is 7.21. The van der Waals surface area contributed by atoms with Crippen molar-refractivity contribution in [2.45, 2.75) is 11.6 Å². The van der Waals surface area contributed by atoms with Crippen LogP contribution in [-0.4, -0.2) is 45.2 Å². The number of benzene rings is 1. The number of nitrogens with zero attached hydrogens (tertiary/aromatic N) is 3. The number of ether oxygens (including phenoxy) is 1. The third-order valence-corrected chi connectivity index (χ3v) is 3.43. The van der Waals surface area contributed by atoms with Gasteiger partial charge in [-0.05, 0) is 18.4 Å². The zero-order valence-electron chi connectivity index (χ0n) is 11.5. The second-order valence-electron chi connectivity index (χ2n) is 4.11. The fraction of sp³-hybridized carbons (Fsp3) is 0.308. The fourth-order valence-electron chi connectivity index (χ4n) is 1.71. The number of thioether (sulfide) groups is 1. The largest absolute Gasteiger partial charge is 0.394 e. The topological polar surface area (TPSA) is 103 Å². The molecule has 0 saturated heterocycles. The minimum atomic E-state index is -0.696. The van der Waals surface area contributed by atoms with E-state index < -0.39 is 5.91 Å². The lowest BCUT2D eigenvalue weighted by Gasteiger charge is -2.06. The van der Waals surface area contributed by atoms with Crippen molar-refractivity contribution in [2.24, 2.45) is 5.73 Å². The van der Waals surface area contributed by atoms with Crippen molar-refractivity contribution < 1.29 is 14.6 Å².